The fraction of sp³-hybridized carbons (Fsp3) is 0. The van der Waals surface area contributed by atoms with Crippen LogP contribution in [0.3, 0.4) is 0 Å². The second kappa shape index (κ2) is 3.57. The van der Waals surface area contributed by atoms with E-state index in [2.05, 4.69) is 26.1 Å². The molecule has 0 unspecified atom stereocenters. The molecule has 6 heteroatoms. The Morgan fingerprint density at radius 1 is 1.19 bits per heavy atom. The quantitative estimate of drug-likeness (QED) is 0.751. The van der Waals surface area contributed by atoms with E-state index in [0.717, 1.165) is 20.1 Å². The predicted octanol–water partition coefficient (Wildman–Crippen LogP) is 2.93. The molecule has 0 aliphatic carbocycles. The first-order valence-electron chi connectivity index (χ1n) is 4.53. The molecule has 3 aromatic rings. The summed E-state index contributed by atoms with van der Waals surface area (Å²) in [5, 5.41) is 17.6. The van der Waals surface area contributed by atoms with Crippen LogP contribution in [0.25, 0.3) is 16.3 Å². The minimum atomic E-state index is 0.198. The lowest BCUT2D eigenvalue weighted by Gasteiger charge is -1.97. The topological polar surface area (TPSA) is 50.4 Å². The summed E-state index contributed by atoms with van der Waals surface area (Å²) in [4.78, 5) is 1.00. The average molecular weight is 296 g/mol. The van der Waals surface area contributed by atoms with Crippen LogP contribution in [0.2, 0.25) is 0 Å². The van der Waals surface area contributed by atoms with Crippen molar-refractivity contribution in [1.82, 2.24) is 14.6 Å². The summed E-state index contributed by atoms with van der Waals surface area (Å²) >= 11 is 4.99. The molecule has 0 spiro atoms. The van der Waals surface area contributed by atoms with Crippen molar-refractivity contribution in [2.45, 2.75) is 0 Å². The van der Waals surface area contributed by atoms with Crippen LogP contribution in [0.1, 0.15) is 0 Å². The van der Waals surface area contributed by atoms with E-state index >= 15 is 0 Å². The largest absolute Gasteiger partial charge is 0.506 e. The third kappa shape index (κ3) is 1.50. The molecule has 0 saturated carbocycles. The maximum atomic E-state index is 9.44. The Morgan fingerprint density at radius 3 is 2.81 bits per heavy atom. The molecule has 0 aliphatic heterocycles. The summed E-state index contributed by atoms with van der Waals surface area (Å²) in [6.45, 7) is 0. The van der Waals surface area contributed by atoms with Crippen LogP contribution >= 0.6 is 27.3 Å². The molecule has 0 aromatic carbocycles. The van der Waals surface area contributed by atoms with E-state index in [1.54, 1.807) is 34.1 Å². The van der Waals surface area contributed by atoms with Gasteiger partial charge >= 0.3 is 0 Å². The normalized spacial score (nSPS) is 11.1. The molecule has 0 amide bonds. The fourth-order valence-corrected chi connectivity index (χ4v) is 2.85. The van der Waals surface area contributed by atoms with Crippen LogP contribution in [-0.4, -0.2) is 19.7 Å². The van der Waals surface area contributed by atoms with Crippen LogP contribution in [0.4, 0.5) is 0 Å². The van der Waals surface area contributed by atoms with Crippen LogP contribution in [0.5, 0.6) is 5.75 Å². The second-order valence-corrected chi connectivity index (χ2v) is 5.71. The summed E-state index contributed by atoms with van der Waals surface area (Å²) in [7, 11) is 0. The van der Waals surface area contributed by atoms with Gasteiger partial charge in [-0.1, -0.05) is 0 Å². The maximum Gasteiger partial charge on any atom is 0.178 e. The molecule has 1 N–H and O–H groups in total. The van der Waals surface area contributed by atoms with Crippen molar-refractivity contribution in [3.63, 3.8) is 0 Å². The van der Waals surface area contributed by atoms with E-state index in [4.69, 9.17) is 0 Å². The van der Waals surface area contributed by atoms with Gasteiger partial charge in [0.15, 0.2) is 11.5 Å². The Balaban J connectivity index is 2.27. The van der Waals surface area contributed by atoms with Crippen LogP contribution < -0.4 is 0 Å². The van der Waals surface area contributed by atoms with Gasteiger partial charge in [0.25, 0.3) is 0 Å². The standard InChI is InChI=1S/C10H6BrN3OS/c11-8-3-2-7(16-8)10-13-12-9-4-1-6(15)5-14(9)10/h1-5,15H. The van der Waals surface area contributed by atoms with Crippen LogP contribution in [-0.2, 0) is 0 Å². The molecule has 4 nitrogen and oxygen atoms in total. The highest BCUT2D eigenvalue weighted by atomic mass is 79.9. The number of hydrogen-bond acceptors (Lipinski definition) is 4. The highest BCUT2D eigenvalue weighted by Crippen LogP contribution is 2.30. The minimum Gasteiger partial charge on any atom is -0.506 e. The Morgan fingerprint density at radius 2 is 2.06 bits per heavy atom. The van der Waals surface area contributed by atoms with E-state index in [1.165, 1.54) is 0 Å². The lowest BCUT2D eigenvalue weighted by atomic mass is 10.4. The van der Waals surface area contributed by atoms with E-state index in [-0.39, 0.29) is 5.75 Å². The zero-order chi connectivity index (χ0) is 11.1. The van der Waals surface area contributed by atoms with Crippen molar-refractivity contribution in [3.05, 3.63) is 34.2 Å². The molecule has 3 rings (SSSR count). The SMILES string of the molecule is Oc1ccc2nnc(-c3ccc(Br)s3)n2c1. The highest BCUT2D eigenvalue weighted by Gasteiger charge is 2.10. The molecule has 16 heavy (non-hydrogen) atoms. The van der Waals surface area contributed by atoms with Gasteiger partial charge in [0.2, 0.25) is 0 Å². The zero-order valence-corrected chi connectivity index (χ0v) is 10.4. The molecular weight excluding hydrogens is 290 g/mol. The van der Waals surface area contributed by atoms with Gasteiger partial charge in [0.1, 0.15) is 5.75 Å². The van der Waals surface area contributed by atoms with Gasteiger partial charge in [-0.15, -0.1) is 21.5 Å². The van der Waals surface area contributed by atoms with E-state index in [0.29, 0.717) is 0 Å². The van der Waals surface area contributed by atoms with Crippen molar-refractivity contribution in [1.29, 1.82) is 0 Å². The van der Waals surface area contributed by atoms with E-state index < -0.39 is 0 Å². The number of nitrogens with zero attached hydrogens (tertiary/aromatic N) is 3. The molecule has 0 radical (unpaired) electrons. The molecule has 3 heterocycles. The lowest BCUT2D eigenvalue weighted by Crippen LogP contribution is -1.86. The lowest BCUT2D eigenvalue weighted by molar-refractivity contribution is 0.472. The van der Waals surface area contributed by atoms with Crippen molar-refractivity contribution in [3.8, 4) is 16.5 Å². The molecule has 0 fully saturated rings. The summed E-state index contributed by atoms with van der Waals surface area (Å²) in [6.07, 6.45) is 1.61. The molecule has 0 bridgehead atoms. The molecule has 0 aliphatic rings. The Bertz CT molecular complexity index is 661. The third-order valence-electron chi connectivity index (χ3n) is 2.18. The fourth-order valence-electron chi connectivity index (χ4n) is 1.48. The van der Waals surface area contributed by atoms with E-state index in [1.807, 2.05) is 12.1 Å². The first-order valence-corrected chi connectivity index (χ1v) is 6.14. The number of thiophene rings is 1. The third-order valence-corrected chi connectivity index (χ3v) is 3.80. The van der Waals surface area contributed by atoms with Crippen molar-refractivity contribution in [2.75, 3.05) is 0 Å². The number of aromatic nitrogens is 3. The zero-order valence-electron chi connectivity index (χ0n) is 7.96. The predicted molar refractivity (Wildman–Crippen MR) is 65.7 cm³/mol. The molecular formula is C10H6BrN3OS. The second-order valence-electron chi connectivity index (χ2n) is 3.24. The molecule has 80 valence electrons. The Hall–Kier alpha value is -1.40. The van der Waals surface area contributed by atoms with Gasteiger partial charge in [0, 0.05) is 0 Å². The van der Waals surface area contributed by atoms with Gasteiger partial charge < -0.3 is 5.11 Å². The van der Waals surface area contributed by atoms with Crippen molar-refractivity contribution in [2.24, 2.45) is 0 Å². The van der Waals surface area contributed by atoms with Gasteiger partial charge in [-0.05, 0) is 40.2 Å². The molecule has 3 aromatic heterocycles. The number of rotatable bonds is 1. The van der Waals surface area contributed by atoms with Gasteiger partial charge in [0.05, 0.1) is 14.9 Å². The van der Waals surface area contributed by atoms with Crippen LogP contribution in [0.15, 0.2) is 34.2 Å². The van der Waals surface area contributed by atoms with Gasteiger partial charge in [-0.2, -0.15) is 0 Å². The number of fused-ring (bicyclic) bond motifs is 1. The monoisotopic (exact) mass is 295 g/mol. The highest BCUT2D eigenvalue weighted by molar-refractivity contribution is 9.11. The minimum absolute atomic E-state index is 0.198. The Labute approximate surface area is 103 Å². The summed E-state index contributed by atoms with van der Waals surface area (Å²) in [5.41, 5.74) is 0.720. The Kier molecular flexibility index (Phi) is 2.19. The number of aromatic hydroxyl groups is 1. The summed E-state index contributed by atoms with van der Waals surface area (Å²) in [5.74, 6) is 0.936. The number of halogens is 1. The maximum absolute atomic E-state index is 9.44. The smallest absolute Gasteiger partial charge is 0.178 e. The van der Waals surface area contributed by atoms with Crippen molar-refractivity contribution < 1.29 is 5.11 Å². The number of pyridine rings is 1. The van der Waals surface area contributed by atoms with Gasteiger partial charge in [-0.25, -0.2) is 0 Å². The first kappa shape index (κ1) is 9.80. The molecule has 0 atom stereocenters. The number of hydrogen-bond donors (Lipinski definition) is 1. The first-order chi connectivity index (χ1) is 7.74. The molecule has 0 saturated heterocycles. The summed E-state index contributed by atoms with van der Waals surface area (Å²) < 4.78 is 2.81. The average Bonchev–Trinajstić information content (AvgIpc) is 2.83. The van der Waals surface area contributed by atoms with Crippen LogP contribution in [0, 0.1) is 0 Å². The van der Waals surface area contributed by atoms with Crippen molar-refractivity contribution >= 4 is 32.9 Å². The van der Waals surface area contributed by atoms with E-state index in [9.17, 15) is 5.11 Å². The summed E-state index contributed by atoms with van der Waals surface area (Å²) in [6, 6.07) is 7.26. The van der Waals surface area contributed by atoms with Gasteiger partial charge in [-0.3, -0.25) is 4.40 Å².